The van der Waals surface area contributed by atoms with Gasteiger partial charge in [-0.05, 0) is 49.2 Å². The van der Waals surface area contributed by atoms with Crippen molar-refractivity contribution in [3.8, 4) is 11.5 Å². The molecular formula is C20H25N3O3. The maximum Gasteiger partial charge on any atom is 0.262 e. The van der Waals surface area contributed by atoms with E-state index in [0.29, 0.717) is 11.5 Å². The molecule has 2 aromatic carbocycles. The molecule has 0 aliphatic heterocycles. The lowest BCUT2D eigenvalue weighted by molar-refractivity contribution is -0.118. The monoisotopic (exact) mass is 355 g/mol. The van der Waals surface area contributed by atoms with Crippen LogP contribution in [0.5, 0.6) is 11.5 Å². The lowest BCUT2D eigenvalue weighted by Crippen LogP contribution is -2.20. The van der Waals surface area contributed by atoms with E-state index in [1.165, 1.54) is 0 Å². The van der Waals surface area contributed by atoms with Gasteiger partial charge in [-0.3, -0.25) is 4.79 Å². The Labute approximate surface area is 154 Å². The Hall–Kier alpha value is -3.02. The third-order valence-corrected chi connectivity index (χ3v) is 3.64. The number of anilines is 1. The zero-order valence-electron chi connectivity index (χ0n) is 15.9. The van der Waals surface area contributed by atoms with Crippen molar-refractivity contribution in [2.24, 2.45) is 5.10 Å². The number of ether oxygens (including phenoxy) is 2. The molecule has 138 valence electrons. The summed E-state index contributed by atoms with van der Waals surface area (Å²) < 4.78 is 11.0. The number of amides is 1. The molecule has 0 aliphatic rings. The number of nitrogens with one attached hydrogen (secondary N) is 1. The maximum atomic E-state index is 12.2. The molecule has 2 aromatic rings. The summed E-state index contributed by atoms with van der Waals surface area (Å²) in [5, 5.41) is 8.74. The van der Waals surface area contributed by atoms with Crippen LogP contribution in [-0.4, -0.2) is 44.9 Å². The fraction of sp³-hybridized carbons (Fsp3) is 0.300. The summed E-state index contributed by atoms with van der Waals surface area (Å²) in [5.41, 5.74) is 3.83. The second-order valence-electron chi connectivity index (χ2n) is 6.16. The molecule has 2 rings (SSSR count). The molecular weight excluding hydrogens is 330 g/mol. The van der Waals surface area contributed by atoms with Crippen molar-refractivity contribution in [2.75, 3.05) is 33.1 Å². The highest BCUT2D eigenvalue weighted by atomic mass is 16.5. The van der Waals surface area contributed by atoms with E-state index in [2.05, 4.69) is 10.4 Å². The number of aryl methyl sites for hydroxylation is 2. The van der Waals surface area contributed by atoms with Gasteiger partial charge in [0.2, 0.25) is 0 Å². The Morgan fingerprint density at radius 1 is 1.15 bits per heavy atom. The Balaban J connectivity index is 2.00. The van der Waals surface area contributed by atoms with E-state index < -0.39 is 0 Å². The van der Waals surface area contributed by atoms with Gasteiger partial charge in [0.25, 0.3) is 5.91 Å². The Kier molecular flexibility index (Phi) is 6.60. The van der Waals surface area contributed by atoms with Crippen LogP contribution in [0.1, 0.15) is 16.7 Å². The second-order valence-corrected chi connectivity index (χ2v) is 6.16. The summed E-state index contributed by atoms with van der Waals surface area (Å²) in [6, 6.07) is 11.3. The molecule has 6 heteroatoms. The molecule has 0 heterocycles. The average molecular weight is 355 g/mol. The topological polar surface area (TPSA) is 63.2 Å². The van der Waals surface area contributed by atoms with Crippen LogP contribution in [0, 0.1) is 13.8 Å². The van der Waals surface area contributed by atoms with Gasteiger partial charge >= 0.3 is 0 Å². The summed E-state index contributed by atoms with van der Waals surface area (Å²) in [6.07, 6.45) is 1.72. The van der Waals surface area contributed by atoms with E-state index >= 15 is 0 Å². The van der Waals surface area contributed by atoms with Crippen molar-refractivity contribution in [3.63, 3.8) is 0 Å². The number of nitrogens with zero attached hydrogens (tertiary/aromatic N) is 2. The van der Waals surface area contributed by atoms with Gasteiger partial charge in [0.15, 0.2) is 18.1 Å². The standard InChI is InChI=1S/C20H25N3O3/c1-14-6-8-17(15(2)10-14)22-20(24)13-26-18-9-7-16(11-19(18)25-5)12-21-23(3)4/h6-12H,13H2,1-5H3,(H,22,24)/b21-12+. The highest BCUT2D eigenvalue weighted by molar-refractivity contribution is 5.92. The summed E-state index contributed by atoms with van der Waals surface area (Å²) in [6.45, 7) is 3.87. The highest BCUT2D eigenvalue weighted by Gasteiger charge is 2.10. The quantitative estimate of drug-likeness (QED) is 0.612. The number of hydrogen-bond acceptors (Lipinski definition) is 5. The zero-order valence-corrected chi connectivity index (χ0v) is 15.9. The summed E-state index contributed by atoms with van der Waals surface area (Å²) in [7, 11) is 5.25. The Bertz CT molecular complexity index is 801. The number of hydrazone groups is 1. The van der Waals surface area contributed by atoms with Crippen molar-refractivity contribution in [3.05, 3.63) is 53.1 Å². The van der Waals surface area contributed by atoms with Crippen LogP contribution in [0.2, 0.25) is 0 Å². The van der Waals surface area contributed by atoms with Gasteiger partial charge in [-0.25, -0.2) is 0 Å². The minimum atomic E-state index is -0.225. The van der Waals surface area contributed by atoms with Gasteiger partial charge in [-0.2, -0.15) is 5.10 Å². The maximum absolute atomic E-state index is 12.2. The Morgan fingerprint density at radius 3 is 2.58 bits per heavy atom. The highest BCUT2D eigenvalue weighted by Crippen LogP contribution is 2.27. The van der Waals surface area contributed by atoms with Crippen LogP contribution in [0.3, 0.4) is 0 Å². The van der Waals surface area contributed by atoms with E-state index in [9.17, 15) is 4.79 Å². The molecule has 0 saturated heterocycles. The predicted molar refractivity (Wildman–Crippen MR) is 104 cm³/mol. The third-order valence-electron chi connectivity index (χ3n) is 3.64. The fourth-order valence-corrected chi connectivity index (χ4v) is 2.35. The van der Waals surface area contributed by atoms with Crippen LogP contribution in [-0.2, 0) is 4.79 Å². The van der Waals surface area contributed by atoms with Crippen LogP contribution in [0.4, 0.5) is 5.69 Å². The first-order valence-corrected chi connectivity index (χ1v) is 8.28. The molecule has 0 saturated carbocycles. The molecule has 26 heavy (non-hydrogen) atoms. The number of methoxy groups -OCH3 is 1. The summed E-state index contributed by atoms with van der Waals surface area (Å²) >= 11 is 0. The minimum absolute atomic E-state index is 0.102. The zero-order chi connectivity index (χ0) is 19.1. The lowest BCUT2D eigenvalue weighted by Gasteiger charge is -2.13. The van der Waals surface area contributed by atoms with E-state index in [4.69, 9.17) is 9.47 Å². The van der Waals surface area contributed by atoms with Gasteiger partial charge in [0, 0.05) is 19.8 Å². The van der Waals surface area contributed by atoms with Gasteiger partial charge < -0.3 is 19.8 Å². The number of benzene rings is 2. The number of rotatable bonds is 7. The van der Waals surface area contributed by atoms with Crippen molar-refractivity contribution in [1.82, 2.24) is 5.01 Å². The van der Waals surface area contributed by atoms with E-state index in [1.54, 1.807) is 24.4 Å². The van der Waals surface area contributed by atoms with Crippen LogP contribution >= 0.6 is 0 Å². The third kappa shape index (κ3) is 5.51. The molecule has 0 spiro atoms. The normalized spacial score (nSPS) is 10.7. The first-order valence-electron chi connectivity index (χ1n) is 8.28. The lowest BCUT2D eigenvalue weighted by atomic mass is 10.1. The summed E-state index contributed by atoms with van der Waals surface area (Å²) in [4.78, 5) is 12.2. The fourth-order valence-electron chi connectivity index (χ4n) is 2.35. The molecule has 1 amide bonds. The molecule has 0 fully saturated rings. The molecule has 0 bridgehead atoms. The molecule has 0 aromatic heterocycles. The molecule has 0 radical (unpaired) electrons. The van der Waals surface area contributed by atoms with E-state index in [-0.39, 0.29) is 12.5 Å². The number of carbonyl (C=O) groups excluding carboxylic acids is 1. The van der Waals surface area contributed by atoms with Gasteiger partial charge in [-0.1, -0.05) is 17.7 Å². The van der Waals surface area contributed by atoms with Gasteiger partial charge in [0.05, 0.1) is 13.3 Å². The predicted octanol–water partition coefficient (Wildman–Crippen LogP) is 3.23. The average Bonchev–Trinajstić information content (AvgIpc) is 2.60. The number of carbonyl (C=O) groups is 1. The SMILES string of the molecule is COc1cc(/C=N/N(C)C)ccc1OCC(=O)Nc1ccc(C)cc1C. The summed E-state index contributed by atoms with van der Waals surface area (Å²) in [5.74, 6) is 0.828. The molecule has 1 N–H and O–H groups in total. The van der Waals surface area contributed by atoms with Crippen molar-refractivity contribution < 1.29 is 14.3 Å². The number of hydrogen-bond donors (Lipinski definition) is 1. The smallest absolute Gasteiger partial charge is 0.262 e. The largest absolute Gasteiger partial charge is 0.493 e. The molecule has 6 nitrogen and oxygen atoms in total. The molecule has 0 atom stereocenters. The van der Waals surface area contributed by atoms with Crippen molar-refractivity contribution >= 4 is 17.8 Å². The van der Waals surface area contributed by atoms with Crippen LogP contribution < -0.4 is 14.8 Å². The minimum Gasteiger partial charge on any atom is -0.493 e. The van der Waals surface area contributed by atoms with E-state index in [0.717, 1.165) is 22.4 Å². The van der Waals surface area contributed by atoms with Gasteiger partial charge in [-0.15, -0.1) is 0 Å². The van der Waals surface area contributed by atoms with Gasteiger partial charge in [0.1, 0.15) is 0 Å². The first-order chi connectivity index (χ1) is 12.4. The van der Waals surface area contributed by atoms with Crippen molar-refractivity contribution in [1.29, 1.82) is 0 Å². The molecule has 0 unspecified atom stereocenters. The second kappa shape index (κ2) is 8.89. The van der Waals surface area contributed by atoms with Crippen LogP contribution in [0.15, 0.2) is 41.5 Å². The van der Waals surface area contributed by atoms with E-state index in [1.807, 2.05) is 58.3 Å². The van der Waals surface area contributed by atoms with Crippen molar-refractivity contribution in [2.45, 2.75) is 13.8 Å². The van der Waals surface area contributed by atoms with Crippen LogP contribution in [0.25, 0.3) is 0 Å². The molecule has 0 aliphatic carbocycles. The first kappa shape index (κ1) is 19.3. The Morgan fingerprint density at radius 2 is 1.92 bits per heavy atom.